The third-order valence-corrected chi connectivity index (χ3v) is 14.7. The lowest BCUT2D eigenvalue weighted by molar-refractivity contribution is -0.394. The number of anilines is 2. The summed E-state index contributed by atoms with van der Waals surface area (Å²) in [5, 5.41) is 41.9. The van der Waals surface area contributed by atoms with Gasteiger partial charge in [0, 0.05) is 11.1 Å². The van der Waals surface area contributed by atoms with Gasteiger partial charge in [-0.2, -0.15) is 36.3 Å². The van der Waals surface area contributed by atoms with E-state index < -0.39 is 144 Å². The van der Waals surface area contributed by atoms with E-state index >= 15 is 0 Å². The van der Waals surface area contributed by atoms with Crippen LogP contribution in [0, 0.1) is 10.1 Å². The number of nitro groups is 1. The molecule has 2 amide bonds. The summed E-state index contributed by atoms with van der Waals surface area (Å²) in [6.45, 7) is -1.15. The molecule has 33 heteroatoms. The lowest BCUT2D eigenvalue weighted by atomic mass is 10.1. The highest BCUT2D eigenvalue weighted by Gasteiger charge is 2.53. The fourth-order valence-electron chi connectivity index (χ4n) is 10.0. The number of alkyl halides is 6. The van der Waals surface area contributed by atoms with Crippen molar-refractivity contribution in [3.8, 4) is 11.8 Å². The van der Waals surface area contributed by atoms with Gasteiger partial charge in [0.1, 0.15) is 43.1 Å². The van der Waals surface area contributed by atoms with Crippen LogP contribution in [0.25, 0.3) is 22.3 Å². The molecule has 0 unspecified atom stereocenters. The number of imide groups is 1. The number of hydrogen-bond acceptors (Lipinski definition) is 23. The predicted octanol–water partition coefficient (Wildman–Crippen LogP) is 8.28. The van der Waals surface area contributed by atoms with E-state index in [9.17, 15) is 75.7 Å². The van der Waals surface area contributed by atoms with Crippen molar-refractivity contribution >= 4 is 69.6 Å². The highest BCUT2D eigenvalue weighted by Crippen LogP contribution is 2.42. The van der Waals surface area contributed by atoms with Crippen LogP contribution in [0.4, 0.5) is 43.9 Å². The number of benzene rings is 6. The Morgan fingerprint density at radius 2 is 1.02 bits per heavy atom. The number of esters is 3. The molecule has 492 valence electrons. The molecule has 4 aromatic heterocycles. The Kier molecular flexibility index (Phi) is 18.9. The van der Waals surface area contributed by atoms with E-state index in [1.54, 1.807) is 91.0 Å². The third-order valence-electron chi connectivity index (χ3n) is 14.7. The molecule has 6 heterocycles. The van der Waals surface area contributed by atoms with Crippen molar-refractivity contribution in [2.75, 3.05) is 23.8 Å². The Morgan fingerprint density at radius 3 is 1.50 bits per heavy atom. The first-order valence-corrected chi connectivity index (χ1v) is 28.3. The number of hydrogen-bond donors (Lipinski definition) is 4. The fourth-order valence-corrected chi connectivity index (χ4v) is 10.0. The molecule has 10 aromatic rings. The van der Waals surface area contributed by atoms with Crippen molar-refractivity contribution in [3.05, 3.63) is 232 Å². The van der Waals surface area contributed by atoms with Crippen LogP contribution < -0.4 is 15.4 Å². The second-order valence-corrected chi connectivity index (χ2v) is 20.9. The van der Waals surface area contributed by atoms with Crippen LogP contribution in [0.15, 0.2) is 183 Å². The molecule has 0 bridgehead atoms. The second kappa shape index (κ2) is 27.5. The molecule has 0 radical (unpaired) electrons. The van der Waals surface area contributed by atoms with Gasteiger partial charge in [0.15, 0.2) is 47.2 Å². The summed E-state index contributed by atoms with van der Waals surface area (Å²) in [4.78, 5) is 106. The van der Waals surface area contributed by atoms with E-state index in [1.165, 1.54) is 60.7 Å². The Morgan fingerprint density at radius 1 is 0.573 bits per heavy atom. The van der Waals surface area contributed by atoms with Crippen LogP contribution in [0.3, 0.4) is 0 Å². The average molecular weight is 1330 g/mol. The number of imidazole rings is 2. The highest BCUT2D eigenvalue weighted by molar-refractivity contribution is 6.27. The molecule has 0 aliphatic carbocycles. The number of amides is 2. The van der Waals surface area contributed by atoms with Gasteiger partial charge in [-0.3, -0.25) is 18.7 Å². The van der Waals surface area contributed by atoms with Crippen molar-refractivity contribution in [3.63, 3.8) is 0 Å². The number of carbonyl (C=O) groups excluding carboxylic acids is 5. The number of carbonyl (C=O) groups is 5. The van der Waals surface area contributed by atoms with Gasteiger partial charge in [-0.05, 0) is 93.8 Å². The quantitative estimate of drug-likeness (QED) is 0.0176. The topological polar surface area (TPSA) is 361 Å². The highest BCUT2D eigenvalue weighted by atomic mass is 19.4. The molecule has 27 nitrogen and oxygen atoms in total. The number of nitrogens with two attached hydrogens (primary N) is 1. The van der Waals surface area contributed by atoms with E-state index in [4.69, 9.17) is 34.2 Å². The first-order valence-electron chi connectivity index (χ1n) is 28.3. The van der Waals surface area contributed by atoms with Gasteiger partial charge in [0.05, 0.1) is 40.8 Å². The van der Waals surface area contributed by atoms with E-state index in [2.05, 4.69) is 29.9 Å². The van der Waals surface area contributed by atoms with Crippen LogP contribution >= 0.6 is 0 Å². The Hall–Kier alpha value is -11.7. The number of rotatable bonds is 16. The molecule has 2 fully saturated rings. The van der Waals surface area contributed by atoms with E-state index in [0.717, 1.165) is 21.8 Å². The average Bonchev–Trinajstić information content (AvgIpc) is 1.57. The molecule has 2 aliphatic heterocycles. The maximum atomic E-state index is 14.3. The molecular formula is C63H47F6N11O16. The second-order valence-electron chi connectivity index (χ2n) is 20.9. The molecule has 6 aromatic carbocycles. The van der Waals surface area contributed by atoms with Crippen LogP contribution in [-0.2, 0) is 36.0 Å². The Labute approximate surface area is 534 Å². The molecule has 2 aliphatic rings. The van der Waals surface area contributed by atoms with Gasteiger partial charge in [-0.15, -0.1) is 0 Å². The maximum Gasteiger partial charge on any atom is 0.473 e. The van der Waals surface area contributed by atoms with E-state index in [0.29, 0.717) is 17.0 Å². The fraction of sp³-hybridized carbons (Fsp3) is 0.190. The minimum atomic E-state index is -5.10. The molecule has 0 saturated carbocycles. The van der Waals surface area contributed by atoms with Gasteiger partial charge in [0.2, 0.25) is 5.65 Å². The molecule has 96 heavy (non-hydrogen) atoms. The Balaban J connectivity index is 0.000000232. The monoisotopic (exact) mass is 1330 g/mol. The number of aromatic nitrogens is 8. The van der Waals surface area contributed by atoms with Crippen LogP contribution in [-0.4, -0.2) is 139 Å². The minimum Gasteiger partial charge on any atom is -0.459 e. The van der Waals surface area contributed by atoms with Gasteiger partial charge in [0.25, 0.3) is 17.6 Å². The molecule has 2 saturated heterocycles. The first-order chi connectivity index (χ1) is 46.0. The molecule has 5 N–H and O–H groups in total. The van der Waals surface area contributed by atoms with Crippen LogP contribution in [0.5, 0.6) is 11.8 Å². The zero-order valence-electron chi connectivity index (χ0n) is 48.8. The standard InChI is InChI=1S/C45H32N6O11.C18H15F6N5O5/c52-39(28-16-6-1-7-17-28)50(40(53)29-18-8-2-9-19-29)38-34-37(47-45(48-38)51(57)58)49(27-46-34)41-36(62-44(56)32-24-14-5-15-25-32)35(61-43(55)31-22-12-4-13-23-31)33(60-41)26-59-42(54)30-20-10-3-11-21-30;19-17(20,21)6-1-7(18(22,23)24)3-8(2-6)33-16-27-13(25)10-14(28-16)29(5-26-10)15-12(32)11(31)9(4-30)34-15/h1-25,27,33,35-36,41H,26H2;1-3,5,9,11-12,15,30-32H,4H2,(H2,25,27,28)/t33-,35-,36-,41-;9-,11-,12-,15-/m11/s1. The van der Waals surface area contributed by atoms with Crippen molar-refractivity contribution in [2.24, 2.45) is 0 Å². The van der Waals surface area contributed by atoms with Gasteiger partial charge < -0.3 is 59.6 Å². The molecule has 12 rings (SSSR count). The Bertz CT molecular complexity index is 4440. The number of fused-ring (bicyclic) bond motifs is 2. The third kappa shape index (κ3) is 14.0. The van der Waals surface area contributed by atoms with Gasteiger partial charge >= 0.3 is 42.2 Å². The zero-order chi connectivity index (χ0) is 68.2. The lowest BCUT2D eigenvalue weighted by Crippen LogP contribution is -2.41. The summed E-state index contributed by atoms with van der Waals surface area (Å²) >= 11 is 0. The minimum absolute atomic E-state index is 0.0496. The first kappa shape index (κ1) is 65.8. The summed E-state index contributed by atoms with van der Waals surface area (Å²) in [7, 11) is 0. The number of aliphatic hydroxyl groups is 3. The summed E-state index contributed by atoms with van der Waals surface area (Å²) < 4.78 is 115. The summed E-state index contributed by atoms with van der Waals surface area (Å²) in [5.41, 5.74) is 2.30. The number of halogens is 6. The zero-order valence-corrected chi connectivity index (χ0v) is 48.8. The number of nitrogens with zero attached hydrogens (tertiary/aromatic N) is 10. The van der Waals surface area contributed by atoms with Crippen molar-refractivity contribution in [2.45, 2.75) is 61.4 Å². The molecule has 8 atom stereocenters. The summed E-state index contributed by atoms with van der Waals surface area (Å²) in [5.74, 6) is -7.00. The molecular weight excluding hydrogens is 1280 g/mol. The van der Waals surface area contributed by atoms with Crippen LogP contribution in [0.2, 0.25) is 0 Å². The maximum absolute atomic E-state index is 14.3. The van der Waals surface area contributed by atoms with Crippen molar-refractivity contribution in [1.29, 1.82) is 0 Å². The van der Waals surface area contributed by atoms with Crippen molar-refractivity contribution < 1.29 is 99.0 Å². The van der Waals surface area contributed by atoms with E-state index in [1.807, 2.05) is 0 Å². The van der Waals surface area contributed by atoms with Crippen LogP contribution in [0.1, 0.15) is 75.4 Å². The van der Waals surface area contributed by atoms with Gasteiger partial charge in [-0.25, -0.2) is 29.3 Å². The van der Waals surface area contributed by atoms with Crippen molar-refractivity contribution in [1.82, 2.24) is 39.0 Å². The largest absolute Gasteiger partial charge is 0.473 e. The number of aliphatic hydroxyl groups excluding tert-OH is 3. The van der Waals surface area contributed by atoms with Gasteiger partial charge in [-0.1, -0.05) is 91.0 Å². The normalized spacial score (nSPS) is 19.2. The summed E-state index contributed by atoms with van der Waals surface area (Å²) in [6.07, 6.45) is -19.3. The number of ether oxygens (including phenoxy) is 6. The number of nitrogen functional groups attached to an aromatic ring is 1. The summed E-state index contributed by atoms with van der Waals surface area (Å²) in [6, 6.07) is 39.3. The SMILES string of the molecule is Nc1nc(Oc2cc(C(F)(F)F)cc(C(F)(F)F)c2)nc2c1ncn2[C@@H]1O[C@H](CO)[C@@H](O)[C@H]1O.O=C(OC[C@H]1O[C@@H](n2cnc3c(N(C(=O)c4ccccc4)C(=O)c4ccccc4)nc([N+](=O)[O-])nc32)[C@H](OC(=O)c2ccccc2)[C@@H]1OC(=O)c1ccccc1)c1ccccc1. The molecule has 0 spiro atoms. The smallest absolute Gasteiger partial charge is 0.459 e. The van der Waals surface area contributed by atoms with E-state index in [-0.39, 0.29) is 62.0 Å². The lowest BCUT2D eigenvalue weighted by Gasteiger charge is -2.24. The predicted molar refractivity (Wildman–Crippen MR) is 317 cm³/mol.